The van der Waals surface area contributed by atoms with Gasteiger partial charge < -0.3 is 15.1 Å². The molecular formula is C20H29N3O2. The number of hydrogen-bond donors (Lipinski definition) is 1. The van der Waals surface area contributed by atoms with E-state index in [1.54, 1.807) is 4.90 Å². The highest BCUT2D eigenvalue weighted by molar-refractivity contribution is 5.99. The van der Waals surface area contributed by atoms with Crippen molar-refractivity contribution in [3.05, 3.63) is 35.9 Å². The molecule has 5 heteroatoms. The molecule has 0 aliphatic carbocycles. The van der Waals surface area contributed by atoms with E-state index in [0.717, 1.165) is 45.3 Å². The van der Waals surface area contributed by atoms with Gasteiger partial charge in [-0.3, -0.25) is 9.59 Å². The number of benzene rings is 1. The number of likely N-dealkylation sites (tertiary alicyclic amines) is 2. The molecule has 1 aromatic rings. The van der Waals surface area contributed by atoms with Gasteiger partial charge in [0.05, 0.1) is 0 Å². The van der Waals surface area contributed by atoms with Crippen molar-refractivity contribution in [2.45, 2.75) is 38.1 Å². The van der Waals surface area contributed by atoms with Gasteiger partial charge in [-0.15, -0.1) is 0 Å². The monoisotopic (exact) mass is 343 g/mol. The second kappa shape index (κ2) is 7.56. The molecular weight excluding hydrogens is 314 g/mol. The van der Waals surface area contributed by atoms with Gasteiger partial charge in [-0.2, -0.15) is 0 Å². The molecule has 0 spiro atoms. The highest BCUT2D eigenvalue weighted by Crippen LogP contribution is 2.33. The van der Waals surface area contributed by atoms with Gasteiger partial charge in [-0.05, 0) is 64.3 Å². The topological polar surface area (TPSA) is 52.7 Å². The van der Waals surface area contributed by atoms with Crippen LogP contribution in [0.2, 0.25) is 0 Å². The van der Waals surface area contributed by atoms with Crippen molar-refractivity contribution in [1.82, 2.24) is 15.1 Å². The predicted octanol–water partition coefficient (Wildman–Crippen LogP) is 2.14. The van der Waals surface area contributed by atoms with Gasteiger partial charge in [-0.1, -0.05) is 18.2 Å². The molecule has 1 aromatic carbocycles. The zero-order chi connectivity index (χ0) is 17.9. The van der Waals surface area contributed by atoms with Crippen molar-refractivity contribution in [2.24, 2.45) is 5.92 Å². The standard InChI is InChI=1S/C20H29N3O2/c1-20(19(25)22-12-6-8-16(15-22)14-21-2)11-7-13-23(20)18(24)17-9-4-3-5-10-17/h3-5,9-10,16,21H,6-8,11-15H2,1-2H3. The van der Waals surface area contributed by atoms with E-state index in [1.807, 2.05) is 49.2 Å². The summed E-state index contributed by atoms with van der Waals surface area (Å²) in [6.45, 7) is 5.15. The summed E-state index contributed by atoms with van der Waals surface area (Å²) >= 11 is 0. The summed E-state index contributed by atoms with van der Waals surface area (Å²) in [6, 6.07) is 9.30. The molecule has 2 unspecified atom stereocenters. The zero-order valence-electron chi connectivity index (χ0n) is 15.3. The number of amides is 2. The highest BCUT2D eigenvalue weighted by atomic mass is 16.2. The van der Waals surface area contributed by atoms with Crippen LogP contribution in [0.15, 0.2) is 30.3 Å². The van der Waals surface area contributed by atoms with Crippen LogP contribution in [-0.4, -0.2) is 60.4 Å². The van der Waals surface area contributed by atoms with E-state index in [4.69, 9.17) is 0 Å². The number of carbonyl (C=O) groups is 2. The molecule has 2 aliphatic rings. The maximum Gasteiger partial charge on any atom is 0.254 e. The van der Waals surface area contributed by atoms with E-state index in [1.165, 1.54) is 0 Å². The fraction of sp³-hybridized carbons (Fsp3) is 0.600. The van der Waals surface area contributed by atoms with Gasteiger partial charge in [0.1, 0.15) is 5.54 Å². The lowest BCUT2D eigenvalue weighted by Crippen LogP contribution is -2.58. The number of piperidine rings is 1. The summed E-state index contributed by atoms with van der Waals surface area (Å²) in [7, 11) is 1.96. The molecule has 5 nitrogen and oxygen atoms in total. The molecule has 1 N–H and O–H groups in total. The smallest absolute Gasteiger partial charge is 0.254 e. The van der Waals surface area contributed by atoms with Crippen molar-refractivity contribution < 1.29 is 9.59 Å². The third kappa shape index (κ3) is 3.56. The van der Waals surface area contributed by atoms with E-state index in [-0.39, 0.29) is 11.8 Å². The van der Waals surface area contributed by atoms with Crippen LogP contribution in [0.4, 0.5) is 0 Å². The number of carbonyl (C=O) groups excluding carboxylic acids is 2. The van der Waals surface area contributed by atoms with Gasteiger partial charge in [0.15, 0.2) is 0 Å². The number of nitrogens with one attached hydrogen (secondary N) is 1. The average molecular weight is 343 g/mol. The average Bonchev–Trinajstić information content (AvgIpc) is 3.04. The lowest BCUT2D eigenvalue weighted by molar-refractivity contribution is -0.142. The zero-order valence-corrected chi connectivity index (χ0v) is 15.3. The summed E-state index contributed by atoms with van der Waals surface area (Å²) in [6.07, 6.45) is 3.83. The molecule has 136 valence electrons. The van der Waals surface area contributed by atoms with E-state index >= 15 is 0 Å². The minimum atomic E-state index is -0.714. The normalized spacial score (nSPS) is 26.7. The SMILES string of the molecule is CNCC1CCCN(C(=O)C2(C)CCCN2C(=O)c2ccccc2)C1. The first-order chi connectivity index (χ1) is 12.1. The Morgan fingerprint density at radius 2 is 1.96 bits per heavy atom. The molecule has 2 aliphatic heterocycles. The Labute approximate surface area is 150 Å². The van der Waals surface area contributed by atoms with Crippen molar-refractivity contribution in [3.8, 4) is 0 Å². The molecule has 2 saturated heterocycles. The van der Waals surface area contributed by atoms with Crippen molar-refractivity contribution >= 4 is 11.8 Å². The Morgan fingerprint density at radius 3 is 2.68 bits per heavy atom. The first kappa shape index (κ1) is 17.9. The summed E-state index contributed by atoms with van der Waals surface area (Å²) in [5, 5.41) is 3.22. The van der Waals surface area contributed by atoms with Crippen LogP contribution in [-0.2, 0) is 4.79 Å². The Hall–Kier alpha value is -1.88. The maximum atomic E-state index is 13.3. The number of hydrogen-bond acceptors (Lipinski definition) is 3. The van der Waals surface area contributed by atoms with Crippen LogP contribution in [0, 0.1) is 5.92 Å². The molecule has 0 bridgehead atoms. The summed E-state index contributed by atoms with van der Waals surface area (Å²) < 4.78 is 0. The van der Waals surface area contributed by atoms with Crippen LogP contribution in [0.3, 0.4) is 0 Å². The quantitative estimate of drug-likeness (QED) is 0.911. The molecule has 2 atom stereocenters. The molecule has 2 heterocycles. The highest BCUT2D eigenvalue weighted by Gasteiger charge is 2.48. The number of nitrogens with zero attached hydrogens (tertiary/aromatic N) is 2. The van der Waals surface area contributed by atoms with Gasteiger partial charge >= 0.3 is 0 Å². The van der Waals surface area contributed by atoms with Crippen LogP contribution < -0.4 is 5.32 Å². The van der Waals surface area contributed by atoms with Crippen molar-refractivity contribution in [3.63, 3.8) is 0 Å². The van der Waals surface area contributed by atoms with Gasteiger partial charge in [0, 0.05) is 25.2 Å². The Bertz CT molecular complexity index is 617. The van der Waals surface area contributed by atoms with Gasteiger partial charge in [0.25, 0.3) is 5.91 Å². The van der Waals surface area contributed by atoms with Crippen molar-refractivity contribution in [1.29, 1.82) is 0 Å². The van der Waals surface area contributed by atoms with Gasteiger partial charge in [-0.25, -0.2) is 0 Å². The molecule has 2 fully saturated rings. The first-order valence-corrected chi connectivity index (χ1v) is 9.37. The molecule has 2 amide bonds. The van der Waals surface area contributed by atoms with Gasteiger partial charge in [0.2, 0.25) is 5.91 Å². The van der Waals surface area contributed by atoms with E-state index in [9.17, 15) is 9.59 Å². The molecule has 0 radical (unpaired) electrons. The molecule has 25 heavy (non-hydrogen) atoms. The first-order valence-electron chi connectivity index (χ1n) is 9.37. The van der Waals surface area contributed by atoms with E-state index in [0.29, 0.717) is 18.0 Å². The van der Waals surface area contributed by atoms with Crippen LogP contribution in [0.25, 0.3) is 0 Å². The summed E-state index contributed by atoms with van der Waals surface area (Å²) in [4.78, 5) is 30.1. The lowest BCUT2D eigenvalue weighted by Gasteiger charge is -2.41. The minimum absolute atomic E-state index is 0.0299. The Morgan fingerprint density at radius 1 is 1.20 bits per heavy atom. The lowest BCUT2D eigenvalue weighted by atomic mass is 9.92. The summed E-state index contributed by atoms with van der Waals surface area (Å²) in [5.74, 6) is 0.596. The largest absolute Gasteiger partial charge is 0.340 e. The van der Waals surface area contributed by atoms with Crippen LogP contribution in [0.5, 0.6) is 0 Å². The molecule has 3 rings (SSSR count). The number of rotatable bonds is 4. The third-order valence-corrected chi connectivity index (χ3v) is 5.67. The van der Waals surface area contributed by atoms with Crippen molar-refractivity contribution in [2.75, 3.05) is 33.2 Å². The maximum absolute atomic E-state index is 13.3. The molecule has 0 aromatic heterocycles. The third-order valence-electron chi connectivity index (χ3n) is 5.67. The fourth-order valence-electron chi connectivity index (χ4n) is 4.29. The second-order valence-corrected chi connectivity index (χ2v) is 7.52. The van der Waals surface area contributed by atoms with Crippen LogP contribution in [0.1, 0.15) is 43.0 Å². The Kier molecular flexibility index (Phi) is 5.42. The van der Waals surface area contributed by atoms with E-state index in [2.05, 4.69) is 5.32 Å². The molecule has 0 saturated carbocycles. The van der Waals surface area contributed by atoms with Crippen LogP contribution >= 0.6 is 0 Å². The van der Waals surface area contributed by atoms with E-state index < -0.39 is 5.54 Å². The minimum Gasteiger partial charge on any atom is -0.340 e. The fourth-order valence-corrected chi connectivity index (χ4v) is 4.29. The Balaban J connectivity index is 1.76. The second-order valence-electron chi connectivity index (χ2n) is 7.52. The summed E-state index contributed by atoms with van der Waals surface area (Å²) in [5.41, 5.74) is -0.0517. The predicted molar refractivity (Wildman–Crippen MR) is 98.3 cm³/mol.